The summed E-state index contributed by atoms with van der Waals surface area (Å²) in [5.74, 6) is -0.656. The van der Waals surface area contributed by atoms with Gasteiger partial charge in [-0.15, -0.1) is 0 Å². The first-order chi connectivity index (χ1) is 14.3. The van der Waals surface area contributed by atoms with Crippen LogP contribution in [0.15, 0.2) is 42.5 Å². The Balaban J connectivity index is 2.08. The van der Waals surface area contributed by atoms with E-state index in [1.54, 1.807) is 24.3 Å². The van der Waals surface area contributed by atoms with Crippen molar-refractivity contribution in [1.29, 1.82) is 0 Å². The van der Waals surface area contributed by atoms with Crippen molar-refractivity contribution in [3.05, 3.63) is 58.5 Å². The first-order valence-electron chi connectivity index (χ1n) is 9.17. The number of rotatable bonds is 8. The molecule has 0 radical (unpaired) electrons. The molecule has 0 heterocycles. The Morgan fingerprint density at radius 3 is 2.26 bits per heavy atom. The molecule has 0 bridgehead atoms. The van der Waals surface area contributed by atoms with E-state index in [1.807, 2.05) is 0 Å². The van der Waals surface area contributed by atoms with Gasteiger partial charge in [-0.25, -0.2) is 0 Å². The molecule has 2 aromatic carbocycles. The number of alkyl halides is 3. The van der Waals surface area contributed by atoms with Crippen LogP contribution in [0.1, 0.15) is 25.0 Å². The van der Waals surface area contributed by atoms with Crippen LogP contribution in [0.4, 0.5) is 24.5 Å². The van der Waals surface area contributed by atoms with Crippen LogP contribution in [0, 0.1) is 4.91 Å². The van der Waals surface area contributed by atoms with Crippen molar-refractivity contribution in [1.82, 2.24) is 0 Å². The van der Waals surface area contributed by atoms with Crippen molar-refractivity contribution >= 4 is 23.1 Å². The average Bonchev–Trinajstić information content (AvgIpc) is 2.66. The molecule has 2 aromatic rings. The second-order valence-corrected chi connectivity index (χ2v) is 7.27. The number of halogens is 3. The highest BCUT2D eigenvalue weighted by molar-refractivity contribution is 5.97. The first-order valence-corrected chi connectivity index (χ1v) is 9.17. The molecule has 0 saturated heterocycles. The summed E-state index contributed by atoms with van der Waals surface area (Å²) in [6.45, 7) is 2.14. The molecule has 1 amide bonds. The van der Waals surface area contributed by atoms with Gasteiger partial charge < -0.3 is 15.2 Å². The van der Waals surface area contributed by atoms with E-state index in [9.17, 15) is 32.8 Å². The minimum Gasteiger partial charge on any atom is -0.490 e. The van der Waals surface area contributed by atoms with Crippen LogP contribution in [-0.2, 0) is 22.2 Å². The number of carbonyl (C=O) groups excluding carboxylic acids is 2. The quantitative estimate of drug-likeness (QED) is 0.613. The zero-order valence-electron chi connectivity index (χ0n) is 17.1. The van der Waals surface area contributed by atoms with Gasteiger partial charge in [-0.3, -0.25) is 9.59 Å². The number of Topliss-reactive ketones (excluding diaryl/α,β-unsaturated/α-hetero) is 1. The summed E-state index contributed by atoms with van der Waals surface area (Å²) in [7, 11) is 0.928. The summed E-state index contributed by atoms with van der Waals surface area (Å²) < 4.78 is 45.1. The Labute approximate surface area is 176 Å². The maximum atomic E-state index is 13.2. The van der Waals surface area contributed by atoms with E-state index in [2.05, 4.69) is 5.32 Å². The standard InChI is InChI=1S/C21H21F3N2O5/c1-13(27)10-14-4-7-16(8-5-14)31-12-20(2,29)19(28)25-15-6-9-18(26(3)30)17(11-15)21(22,23)24/h4-9,11,29H,10,12H2,1-3H3/p+1/t20-/m0/s1. The number of carbonyl (C=O) groups is 2. The Kier molecular flexibility index (Phi) is 7.17. The molecule has 0 unspecified atom stereocenters. The van der Waals surface area contributed by atoms with Gasteiger partial charge in [-0.05, 0) is 43.7 Å². The van der Waals surface area contributed by atoms with Crippen LogP contribution in [0.5, 0.6) is 5.75 Å². The lowest BCUT2D eigenvalue weighted by Gasteiger charge is -2.23. The number of anilines is 1. The Bertz CT molecular complexity index is 985. The van der Waals surface area contributed by atoms with Crippen molar-refractivity contribution in [2.75, 3.05) is 19.0 Å². The zero-order valence-corrected chi connectivity index (χ0v) is 17.1. The number of nitrogens with one attached hydrogen (secondary N) is 1. The lowest BCUT2D eigenvalue weighted by Crippen LogP contribution is -2.45. The Morgan fingerprint density at radius 1 is 1.13 bits per heavy atom. The third-order valence-corrected chi connectivity index (χ3v) is 4.28. The number of nitroso groups, excluding NO2 is 1. The molecule has 2 N–H and O–H groups in total. The van der Waals surface area contributed by atoms with Gasteiger partial charge in [0.1, 0.15) is 23.7 Å². The van der Waals surface area contributed by atoms with Gasteiger partial charge in [0.25, 0.3) is 11.6 Å². The van der Waals surface area contributed by atoms with Crippen molar-refractivity contribution in [3.8, 4) is 5.75 Å². The summed E-state index contributed by atoms with van der Waals surface area (Å²) in [5, 5.41) is 12.6. The van der Waals surface area contributed by atoms with Gasteiger partial charge in [-0.2, -0.15) is 13.2 Å². The molecular formula is C21H22F3N2O5+. The molecule has 0 spiro atoms. The number of ketones is 1. The van der Waals surface area contributed by atoms with E-state index in [-0.39, 0.29) is 22.7 Å². The number of amides is 1. The summed E-state index contributed by atoms with van der Waals surface area (Å²) in [6, 6.07) is 9.14. The lowest BCUT2D eigenvalue weighted by molar-refractivity contribution is -0.430. The van der Waals surface area contributed by atoms with Crippen molar-refractivity contribution in [3.63, 3.8) is 0 Å². The van der Waals surface area contributed by atoms with Gasteiger partial charge in [0.15, 0.2) is 12.6 Å². The fourth-order valence-electron chi connectivity index (χ4n) is 2.66. The number of ether oxygens (including phenoxy) is 1. The maximum Gasteiger partial charge on any atom is 0.423 e. The molecule has 0 saturated carbocycles. The molecule has 2 rings (SSSR count). The molecule has 7 nitrogen and oxygen atoms in total. The topological polar surface area (TPSA) is 95.7 Å². The van der Waals surface area contributed by atoms with Crippen molar-refractivity contribution in [2.45, 2.75) is 32.0 Å². The van der Waals surface area contributed by atoms with E-state index in [1.165, 1.54) is 6.92 Å². The predicted octanol–water partition coefficient (Wildman–Crippen LogP) is 3.65. The third-order valence-electron chi connectivity index (χ3n) is 4.28. The molecule has 0 aliphatic heterocycles. The van der Waals surface area contributed by atoms with Crippen molar-refractivity contribution in [2.24, 2.45) is 0 Å². The number of hydrogen-bond donors (Lipinski definition) is 2. The van der Waals surface area contributed by atoms with E-state index in [0.717, 1.165) is 31.7 Å². The highest BCUT2D eigenvalue weighted by Gasteiger charge is 2.39. The first kappa shape index (κ1) is 24.0. The van der Waals surface area contributed by atoms with E-state index in [0.29, 0.717) is 11.8 Å². The maximum absolute atomic E-state index is 13.2. The molecule has 1 atom stereocenters. The molecule has 0 fully saturated rings. The van der Waals surface area contributed by atoms with Crippen LogP contribution in [0.2, 0.25) is 0 Å². The fourth-order valence-corrected chi connectivity index (χ4v) is 2.66. The lowest BCUT2D eigenvalue weighted by atomic mass is 10.1. The van der Waals surface area contributed by atoms with E-state index >= 15 is 0 Å². The minimum atomic E-state index is -4.81. The van der Waals surface area contributed by atoms with Crippen molar-refractivity contribution < 1.29 is 37.4 Å². The smallest absolute Gasteiger partial charge is 0.423 e. The summed E-state index contributed by atoms with van der Waals surface area (Å²) in [4.78, 5) is 34.9. The van der Waals surface area contributed by atoms with Crippen LogP contribution in [0.3, 0.4) is 0 Å². The summed E-state index contributed by atoms with van der Waals surface area (Å²) >= 11 is 0. The summed E-state index contributed by atoms with van der Waals surface area (Å²) in [5.41, 5.74) is -3.35. The minimum absolute atomic E-state index is 0.00289. The summed E-state index contributed by atoms with van der Waals surface area (Å²) in [6.07, 6.45) is -4.55. The molecule has 0 aliphatic rings. The van der Waals surface area contributed by atoms with Gasteiger partial charge >= 0.3 is 6.18 Å². The van der Waals surface area contributed by atoms with Crippen LogP contribution < -0.4 is 10.1 Å². The molecular weight excluding hydrogens is 417 g/mol. The van der Waals surface area contributed by atoms with Gasteiger partial charge in [0.2, 0.25) is 0 Å². The fraction of sp³-hybridized carbons (Fsp3) is 0.333. The second-order valence-electron chi connectivity index (χ2n) is 7.27. The monoisotopic (exact) mass is 439 g/mol. The molecule has 10 heteroatoms. The highest BCUT2D eigenvalue weighted by atomic mass is 19.4. The number of hydrogen-bond acceptors (Lipinski definition) is 5. The number of nitrogens with zero attached hydrogens (tertiary/aromatic N) is 1. The van der Waals surface area contributed by atoms with Crippen LogP contribution in [-0.4, -0.2) is 40.8 Å². The largest absolute Gasteiger partial charge is 0.490 e. The normalized spacial score (nSPS) is 13.3. The third kappa shape index (κ3) is 6.61. The SMILES string of the molecule is CC(=O)Cc1ccc(OC[C@](C)(O)C(=O)Nc2ccc([N+](C)=O)c(C(F)(F)F)c2)cc1. The van der Waals surface area contributed by atoms with Crippen LogP contribution in [0.25, 0.3) is 0 Å². The van der Waals surface area contributed by atoms with E-state index < -0.39 is 35.5 Å². The highest BCUT2D eigenvalue weighted by Crippen LogP contribution is 2.37. The second kappa shape index (κ2) is 9.25. The predicted molar refractivity (Wildman–Crippen MR) is 106 cm³/mol. The van der Waals surface area contributed by atoms with Gasteiger partial charge in [0.05, 0.1) is 0 Å². The molecule has 0 aliphatic carbocycles. The van der Waals surface area contributed by atoms with E-state index in [4.69, 9.17) is 4.74 Å². The number of aliphatic hydroxyl groups is 1. The molecule has 166 valence electrons. The van der Waals surface area contributed by atoms with Crippen LogP contribution >= 0.6 is 0 Å². The molecule has 0 aromatic heterocycles. The Morgan fingerprint density at radius 2 is 1.74 bits per heavy atom. The average molecular weight is 439 g/mol. The van der Waals surface area contributed by atoms with Gasteiger partial charge in [-0.1, -0.05) is 12.1 Å². The zero-order chi connectivity index (χ0) is 23.4. The van der Waals surface area contributed by atoms with Gasteiger partial charge in [0, 0.05) is 27.8 Å². The number of benzene rings is 2. The Hall–Kier alpha value is -3.27. The molecule has 31 heavy (non-hydrogen) atoms.